The van der Waals surface area contributed by atoms with Crippen LogP contribution in [0, 0.1) is 0 Å². The van der Waals surface area contributed by atoms with E-state index in [1.807, 2.05) is 11.3 Å². The van der Waals surface area contributed by atoms with E-state index in [1.54, 1.807) is 0 Å². The van der Waals surface area contributed by atoms with Gasteiger partial charge >= 0.3 is 0 Å². The van der Waals surface area contributed by atoms with E-state index >= 15 is 0 Å². The normalized spacial score (nSPS) is 13.6. The van der Waals surface area contributed by atoms with Crippen LogP contribution in [-0.4, -0.2) is 14.5 Å². The molecule has 0 saturated heterocycles. The fourth-order valence-corrected chi connectivity index (χ4v) is 11.3. The molecule has 0 unspecified atom stereocenters. The first-order valence-electron chi connectivity index (χ1n) is 19.7. The van der Waals surface area contributed by atoms with Crippen molar-refractivity contribution in [2.24, 2.45) is 0 Å². The monoisotopic (exact) mass is 743 g/mol. The molecule has 0 fully saturated rings. The second kappa shape index (κ2) is 11.1. The number of thiophene rings is 1. The van der Waals surface area contributed by atoms with E-state index in [0.717, 1.165) is 44.0 Å². The van der Waals surface area contributed by atoms with Crippen molar-refractivity contribution in [2.75, 3.05) is 0 Å². The topological polar surface area (TPSA) is 30.7 Å². The molecule has 1 aliphatic rings. The highest BCUT2D eigenvalue weighted by Gasteiger charge is 2.38. The average molecular weight is 744 g/mol. The molecule has 0 spiro atoms. The fourth-order valence-electron chi connectivity index (χ4n) is 10.2. The molecule has 0 radical (unpaired) electrons. The van der Waals surface area contributed by atoms with Gasteiger partial charge in [-0.05, 0) is 62.5 Å². The Balaban J connectivity index is 1.26. The van der Waals surface area contributed by atoms with E-state index < -0.39 is 0 Å². The van der Waals surface area contributed by atoms with E-state index in [9.17, 15) is 0 Å². The summed E-state index contributed by atoms with van der Waals surface area (Å²) in [6.07, 6.45) is 0. The number of rotatable bonds is 2. The summed E-state index contributed by atoms with van der Waals surface area (Å²) in [5.74, 6) is 0.681. The van der Waals surface area contributed by atoms with Gasteiger partial charge in [0.2, 0.25) is 5.95 Å². The van der Waals surface area contributed by atoms with Gasteiger partial charge in [-0.2, -0.15) is 0 Å². The summed E-state index contributed by atoms with van der Waals surface area (Å²) in [6.45, 7) is 4.73. The number of aromatic nitrogens is 3. The highest BCUT2D eigenvalue weighted by Crippen LogP contribution is 2.54. The second-order valence-electron chi connectivity index (χ2n) is 16.1. The Labute approximate surface area is 332 Å². The Morgan fingerprint density at radius 3 is 2.00 bits per heavy atom. The highest BCUT2D eigenvalue weighted by atomic mass is 32.1. The molecule has 12 aromatic rings. The lowest BCUT2D eigenvalue weighted by molar-refractivity contribution is 0.661. The summed E-state index contributed by atoms with van der Waals surface area (Å²) in [7, 11) is 0. The van der Waals surface area contributed by atoms with Crippen LogP contribution in [0.1, 0.15) is 25.0 Å². The summed E-state index contributed by atoms with van der Waals surface area (Å²) in [4.78, 5) is 11.4. The minimum Gasteiger partial charge on any atom is -0.277 e. The van der Waals surface area contributed by atoms with E-state index in [1.165, 1.54) is 74.7 Å². The molecule has 57 heavy (non-hydrogen) atoms. The van der Waals surface area contributed by atoms with E-state index in [4.69, 9.17) is 9.97 Å². The Morgan fingerprint density at radius 1 is 0.474 bits per heavy atom. The smallest absolute Gasteiger partial charge is 0.235 e. The van der Waals surface area contributed by atoms with Crippen LogP contribution < -0.4 is 0 Å². The average Bonchev–Trinajstić information content (AvgIpc) is 3.89. The molecule has 0 atom stereocenters. The van der Waals surface area contributed by atoms with Gasteiger partial charge in [0.05, 0.1) is 22.2 Å². The molecule has 0 aliphatic heterocycles. The van der Waals surface area contributed by atoms with Crippen LogP contribution in [0.4, 0.5) is 0 Å². The first kappa shape index (κ1) is 31.3. The van der Waals surface area contributed by atoms with Crippen molar-refractivity contribution in [3.05, 3.63) is 175 Å². The van der Waals surface area contributed by atoms with Crippen molar-refractivity contribution < 1.29 is 0 Å². The van der Waals surface area contributed by atoms with Crippen molar-refractivity contribution in [2.45, 2.75) is 19.3 Å². The van der Waals surface area contributed by atoms with Gasteiger partial charge in [-0.3, -0.25) is 4.57 Å². The van der Waals surface area contributed by atoms with Crippen LogP contribution >= 0.6 is 11.3 Å². The first-order chi connectivity index (χ1) is 28.0. The summed E-state index contributed by atoms with van der Waals surface area (Å²) >= 11 is 1.85. The van der Waals surface area contributed by atoms with Crippen LogP contribution in [0.25, 0.3) is 114 Å². The molecule has 266 valence electrons. The van der Waals surface area contributed by atoms with Crippen molar-refractivity contribution in [1.29, 1.82) is 0 Å². The van der Waals surface area contributed by atoms with Crippen LogP contribution in [0.2, 0.25) is 0 Å². The molecule has 1 aliphatic carbocycles. The molecule has 0 saturated carbocycles. The van der Waals surface area contributed by atoms with E-state index in [0.29, 0.717) is 5.95 Å². The largest absolute Gasteiger partial charge is 0.277 e. The molecule has 3 aromatic heterocycles. The summed E-state index contributed by atoms with van der Waals surface area (Å²) in [6, 6.07) is 60.2. The van der Waals surface area contributed by atoms with E-state index in [2.05, 4.69) is 182 Å². The molecular weight excluding hydrogens is 711 g/mol. The zero-order valence-corrected chi connectivity index (χ0v) is 32.2. The maximum atomic E-state index is 5.75. The minimum atomic E-state index is -0.171. The third-order valence-electron chi connectivity index (χ3n) is 12.8. The van der Waals surface area contributed by atoms with Gasteiger partial charge in [-0.15, -0.1) is 11.3 Å². The number of nitrogens with zero attached hydrogens (tertiary/aromatic N) is 3. The van der Waals surface area contributed by atoms with Crippen molar-refractivity contribution in [3.63, 3.8) is 0 Å². The molecule has 4 heteroatoms. The van der Waals surface area contributed by atoms with Gasteiger partial charge in [-0.25, -0.2) is 9.97 Å². The van der Waals surface area contributed by atoms with Gasteiger partial charge in [0.1, 0.15) is 0 Å². The molecule has 9 aromatic carbocycles. The van der Waals surface area contributed by atoms with Gasteiger partial charge in [0.15, 0.2) is 0 Å². The number of hydrogen-bond acceptors (Lipinski definition) is 3. The highest BCUT2D eigenvalue weighted by molar-refractivity contribution is 7.25. The Hall–Kier alpha value is -6.88. The SMILES string of the molecule is CC1(C)c2ccccc2-c2c1ccc1c3c4ccccc4c4ccccc4c3n(-c3nc(-c4ccc5sc6ccccc6c5c4)c4ccc5ccccc5c4n3)c21. The van der Waals surface area contributed by atoms with Crippen LogP contribution in [0.15, 0.2) is 164 Å². The third-order valence-corrected chi connectivity index (χ3v) is 13.9. The summed E-state index contributed by atoms with van der Waals surface area (Å²) in [5, 5.41) is 13.2. The van der Waals surface area contributed by atoms with Crippen LogP contribution in [-0.2, 0) is 5.41 Å². The predicted octanol–water partition coefficient (Wildman–Crippen LogP) is 14.5. The quantitative estimate of drug-likeness (QED) is 0.165. The molecule has 3 heterocycles. The van der Waals surface area contributed by atoms with Gasteiger partial charge in [0.25, 0.3) is 0 Å². The van der Waals surface area contributed by atoms with Crippen LogP contribution in [0.5, 0.6) is 0 Å². The second-order valence-corrected chi connectivity index (χ2v) is 17.2. The summed E-state index contributed by atoms with van der Waals surface area (Å²) in [5.41, 5.74) is 10.3. The van der Waals surface area contributed by atoms with Gasteiger partial charge < -0.3 is 0 Å². The number of fused-ring (bicyclic) bond motifs is 18. The molecule has 0 bridgehead atoms. The molecule has 0 amide bonds. The van der Waals surface area contributed by atoms with Crippen LogP contribution in [0.3, 0.4) is 0 Å². The lowest BCUT2D eigenvalue weighted by Crippen LogP contribution is -2.14. The third kappa shape index (κ3) is 4.10. The fraction of sp³-hybridized carbons (Fsp3) is 0.0566. The number of benzene rings is 9. The van der Waals surface area contributed by atoms with Crippen molar-refractivity contribution >= 4 is 96.5 Å². The molecular formula is C53H33N3S. The first-order valence-corrected chi connectivity index (χ1v) is 20.5. The Morgan fingerprint density at radius 2 is 1.14 bits per heavy atom. The lowest BCUT2D eigenvalue weighted by Gasteiger charge is -2.21. The molecule has 3 nitrogen and oxygen atoms in total. The Bertz CT molecular complexity index is 3730. The van der Waals surface area contributed by atoms with Gasteiger partial charge in [-0.1, -0.05) is 153 Å². The predicted molar refractivity (Wildman–Crippen MR) is 242 cm³/mol. The van der Waals surface area contributed by atoms with E-state index in [-0.39, 0.29) is 5.41 Å². The minimum absolute atomic E-state index is 0.171. The molecule has 13 rings (SSSR count). The Kier molecular flexibility index (Phi) is 6.12. The lowest BCUT2D eigenvalue weighted by atomic mass is 9.82. The zero-order valence-electron chi connectivity index (χ0n) is 31.3. The standard InChI is InChI=1S/C53H33N3S/c1-53(2)42-21-11-9-20-38(42)47-43(53)27-26-39-46-36-18-7-5-15-33(36)34-16-6-8-19-37(34)50(46)56(51(39)47)52-54-48(40-25-23-30-13-3-4-14-32(30)49(40)55-52)31-24-28-45-41(29-31)35-17-10-12-22-44(35)57-45/h3-29H,1-2H3. The maximum Gasteiger partial charge on any atom is 0.235 e. The number of hydrogen-bond donors (Lipinski definition) is 0. The maximum absolute atomic E-state index is 5.75. The molecule has 0 N–H and O–H groups in total. The summed E-state index contributed by atoms with van der Waals surface area (Å²) < 4.78 is 5.01. The zero-order chi connectivity index (χ0) is 37.6. The van der Waals surface area contributed by atoms with Crippen molar-refractivity contribution in [3.8, 4) is 28.3 Å². The van der Waals surface area contributed by atoms with Gasteiger partial charge in [0, 0.05) is 63.6 Å². The van der Waals surface area contributed by atoms with Crippen molar-refractivity contribution in [1.82, 2.24) is 14.5 Å².